The zero-order valence-electron chi connectivity index (χ0n) is 8.80. The summed E-state index contributed by atoms with van der Waals surface area (Å²) >= 11 is 0.714. The van der Waals surface area contributed by atoms with Gasteiger partial charge in [0.25, 0.3) is 0 Å². The summed E-state index contributed by atoms with van der Waals surface area (Å²) in [7, 11) is 0. The largest absolute Gasteiger partial charge is 0.476 e. The minimum Gasteiger partial charge on any atom is -0.476 e. The fraction of sp³-hybridized carbons (Fsp3) is 0. The Morgan fingerprint density at radius 3 is 2.67 bits per heavy atom. The number of nitrogens with zero attached hydrogens (tertiary/aromatic N) is 2. The molecule has 0 aliphatic rings. The van der Waals surface area contributed by atoms with Crippen molar-refractivity contribution >= 4 is 17.7 Å². The minimum absolute atomic E-state index is 0.00880. The number of hydrogen-bond donors (Lipinski definition) is 1. The van der Waals surface area contributed by atoms with E-state index in [-0.39, 0.29) is 15.6 Å². The third-order valence-corrected chi connectivity index (χ3v) is 2.99. The molecule has 0 aliphatic carbocycles. The van der Waals surface area contributed by atoms with Crippen molar-refractivity contribution in [2.45, 2.75) is 9.92 Å². The predicted molar refractivity (Wildman–Crippen MR) is 59.5 cm³/mol. The number of aromatic carboxylic acids is 1. The molecule has 1 heterocycles. The normalized spacial score (nSPS) is 10.3. The molecule has 2 rings (SSSR count). The minimum atomic E-state index is -1.28. The Kier molecular flexibility index (Phi) is 3.52. The second kappa shape index (κ2) is 5.09. The first-order valence-corrected chi connectivity index (χ1v) is 5.57. The topological polar surface area (TPSA) is 63.1 Å². The van der Waals surface area contributed by atoms with E-state index in [1.54, 1.807) is 0 Å². The highest BCUT2D eigenvalue weighted by Gasteiger charge is 2.15. The summed E-state index contributed by atoms with van der Waals surface area (Å²) in [6.07, 6.45) is 2.50. The van der Waals surface area contributed by atoms with Crippen molar-refractivity contribution in [3.05, 3.63) is 47.9 Å². The third kappa shape index (κ3) is 2.62. The Hall–Kier alpha value is -2.02. The van der Waals surface area contributed by atoms with E-state index in [0.29, 0.717) is 11.8 Å². The van der Waals surface area contributed by atoms with Crippen molar-refractivity contribution in [1.29, 1.82) is 0 Å². The van der Waals surface area contributed by atoms with Gasteiger partial charge >= 0.3 is 5.97 Å². The van der Waals surface area contributed by atoms with Crippen LogP contribution < -0.4 is 0 Å². The Labute approximate surface area is 105 Å². The van der Waals surface area contributed by atoms with Crippen molar-refractivity contribution in [1.82, 2.24) is 9.97 Å². The van der Waals surface area contributed by atoms with Crippen LogP contribution in [-0.2, 0) is 0 Å². The Bertz CT molecular complexity index is 607. The van der Waals surface area contributed by atoms with Gasteiger partial charge in [-0.3, -0.25) is 0 Å². The molecule has 92 valence electrons. The van der Waals surface area contributed by atoms with Crippen LogP contribution >= 0.6 is 11.8 Å². The number of rotatable bonds is 3. The van der Waals surface area contributed by atoms with E-state index in [2.05, 4.69) is 9.97 Å². The number of hydrogen-bond acceptors (Lipinski definition) is 4. The van der Waals surface area contributed by atoms with Gasteiger partial charge in [-0.25, -0.2) is 23.5 Å². The van der Waals surface area contributed by atoms with Crippen molar-refractivity contribution in [3.8, 4) is 0 Å². The average molecular weight is 268 g/mol. The van der Waals surface area contributed by atoms with Gasteiger partial charge in [0.1, 0.15) is 16.7 Å². The number of carboxylic acids is 1. The van der Waals surface area contributed by atoms with Gasteiger partial charge in [-0.2, -0.15) is 0 Å². The Balaban J connectivity index is 2.40. The van der Waals surface area contributed by atoms with E-state index in [4.69, 9.17) is 5.11 Å². The molecule has 0 unspecified atom stereocenters. The van der Waals surface area contributed by atoms with E-state index in [0.717, 1.165) is 18.2 Å². The summed E-state index contributed by atoms with van der Waals surface area (Å²) < 4.78 is 26.4. The molecule has 0 atom stereocenters. The highest BCUT2D eigenvalue weighted by Crippen LogP contribution is 2.30. The molecule has 1 aromatic carbocycles. The van der Waals surface area contributed by atoms with Gasteiger partial charge < -0.3 is 5.11 Å². The van der Waals surface area contributed by atoms with Gasteiger partial charge in [0.2, 0.25) is 0 Å². The monoisotopic (exact) mass is 268 g/mol. The number of benzene rings is 1. The summed E-state index contributed by atoms with van der Waals surface area (Å²) in [4.78, 5) is 18.3. The Morgan fingerprint density at radius 2 is 1.94 bits per heavy atom. The molecule has 4 nitrogen and oxygen atoms in total. The van der Waals surface area contributed by atoms with Crippen molar-refractivity contribution in [2.75, 3.05) is 0 Å². The van der Waals surface area contributed by atoms with Crippen LogP contribution in [0.15, 0.2) is 40.5 Å². The SMILES string of the molecule is O=C(O)c1nccnc1Sc1cc(F)ccc1F. The molecule has 1 aromatic heterocycles. The van der Waals surface area contributed by atoms with Crippen LogP contribution in [0.2, 0.25) is 0 Å². The molecule has 0 saturated carbocycles. The second-order valence-electron chi connectivity index (χ2n) is 3.19. The van der Waals surface area contributed by atoms with Crippen LogP contribution in [0.25, 0.3) is 0 Å². The first kappa shape index (κ1) is 12.4. The molecular formula is C11H6F2N2O2S. The summed E-state index contributed by atoms with van der Waals surface area (Å²) in [6, 6.07) is 2.92. The van der Waals surface area contributed by atoms with Gasteiger partial charge in [-0.1, -0.05) is 11.8 Å². The molecule has 0 bridgehead atoms. The van der Waals surface area contributed by atoms with E-state index in [1.807, 2.05) is 0 Å². The van der Waals surface area contributed by atoms with E-state index >= 15 is 0 Å². The summed E-state index contributed by atoms with van der Waals surface area (Å²) in [5.74, 6) is -2.54. The van der Waals surface area contributed by atoms with Crippen molar-refractivity contribution in [2.24, 2.45) is 0 Å². The first-order chi connectivity index (χ1) is 8.58. The summed E-state index contributed by atoms with van der Waals surface area (Å²) in [5, 5.41) is 8.89. The second-order valence-corrected chi connectivity index (χ2v) is 4.22. The van der Waals surface area contributed by atoms with Gasteiger partial charge in [-0.05, 0) is 18.2 Å². The molecule has 0 aliphatic heterocycles. The van der Waals surface area contributed by atoms with Gasteiger partial charge in [-0.15, -0.1) is 0 Å². The zero-order valence-corrected chi connectivity index (χ0v) is 9.62. The van der Waals surface area contributed by atoms with E-state index < -0.39 is 17.6 Å². The van der Waals surface area contributed by atoms with Gasteiger partial charge in [0, 0.05) is 12.4 Å². The standard InChI is InChI=1S/C11H6F2N2O2S/c12-6-1-2-7(13)8(5-6)18-10-9(11(16)17)14-3-4-15-10/h1-5H,(H,16,17). The Morgan fingerprint density at radius 1 is 1.22 bits per heavy atom. The number of aromatic nitrogens is 2. The maximum absolute atomic E-state index is 13.4. The number of carbonyl (C=O) groups is 1. The number of carboxylic acid groups (broad SMARTS) is 1. The van der Waals surface area contributed by atoms with Crippen LogP contribution in [0.5, 0.6) is 0 Å². The fourth-order valence-electron chi connectivity index (χ4n) is 1.21. The van der Waals surface area contributed by atoms with Gasteiger partial charge in [0.15, 0.2) is 5.69 Å². The molecule has 0 amide bonds. The van der Waals surface area contributed by atoms with E-state index in [1.165, 1.54) is 12.4 Å². The molecule has 0 radical (unpaired) electrons. The smallest absolute Gasteiger partial charge is 0.357 e. The maximum Gasteiger partial charge on any atom is 0.357 e. The highest BCUT2D eigenvalue weighted by molar-refractivity contribution is 7.99. The predicted octanol–water partition coefficient (Wildman–Crippen LogP) is 2.60. The summed E-state index contributed by atoms with van der Waals surface area (Å²) in [5.41, 5.74) is -0.300. The van der Waals surface area contributed by atoms with Crippen LogP contribution in [0.3, 0.4) is 0 Å². The van der Waals surface area contributed by atoms with E-state index in [9.17, 15) is 13.6 Å². The summed E-state index contributed by atoms with van der Waals surface area (Å²) in [6.45, 7) is 0. The van der Waals surface area contributed by atoms with Crippen LogP contribution in [0, 0.1) is 11.6 Å². The first-order valence-electron chi connectivity index (χ1n) is 4.75. The number of halogens is 2. The lowest BCUT2D eigenvalue weighted by molar-refractivity contribution is 0.0685. The van der Waals surface area contributed by atoms with Crippen LogP contribution in [0.1, 0.15) is 10.5 Å². The molecule has 7 heteroatoms. The molecule has 0 fully saturated rings. The molecule has 2 aromatic rings. The van der Waals surface area contributed by atoms with Crippen molar-refractivity contribution < 1.29 is 18.7 Å². The molecule has 1 N–H and O–H groups in total. The molecular weight excluding hydrogens is 262 g/mol. The molecule has 18 heavy (non-hydrogen) atoms. The maximum atomic E-state index is 13.4. The lowest BCUT2D eigenvalue weighted by Gasteiger charge is -2.04. The highest BCUT2D eigenvalue weighted by atomic mass is 32.2. The lowest BCUT2D eigenvalue weighted by atomic mass is 10.3. The van der Waals surface area contributed by atoms with Gasteiger partial charge in [0.05, 0.1) is 4.90 Å². The lowest BCUT2D eigenvalue weighted by Crippen LogP contribution is -2.03. The van der Waals surface area contributed by atoms with Crippen LogP contribution in [0.4, 0.5) is 8.78 Å². The quantitative estimate of drug-likeness (QED) is 0.927. The molecule has 0 spiro atoms. The third-order valence-electron chi connectivity index (χ3n) is 1.97. The molecule has 0 saturated heterocycles. The fourth-order valence-corrected chi connectivity index (χ4v) is 2.10. The van der Waals surface area contributed by atoms with Crippen LogP contribution in [-0.4, -0.2) is 21.0 Å². The average Bonchev–Trinajstić information content (AvgIpc) is 2.34. The zero-order chi connectivity index (χ0) is 13.1. The van der Waals surface area contributed by atoms with Crippen molar-refractivity contribution in [3.63, 3.8) is 0 Å².